The summed E-state index contributed by atoms with van der Waals surface area (Å²) in [5.74, 6) is 2.09. The molecule has 1 heterocycles. The van der Waals surface area contributed by atoms with E-state index in [1.807, 2.05) is 13.1 Å². The van der Waals surface area contributed by atoms with Crippen molar-refractivity contribution in [2.45, 2.75) is 13.3 Å². The molecule has 1 aliphatic carbocycles. The monoisotopic (exact) mass is 261 g/mol. The first-order valence-corrected chi connectivity index (χ1v) is 6.62. The summed E-state index contributed by atoms with van der Waals surface area (Å²) in [6, 6.07) is 3.69. The maximum Gasteiger partial charge on any atom is 0.262 e. The highest BCUT2D eigenvalue weighted by Gasteiger charge is 2.33. The normalized spacial score (nSPS) is 24.2. The molecule has 1 aromatic rings. The second kappa shape index (κ2) is 4.33. The maximum absolute atomic E-state index is 11.3. The second-order valence-corrected chi connectivity index (χ2v) is 5.60. The van der Waals surface area contributed by atoms with Gasteiger partial charge in [-0.15, -0.1) is 0 Å². The molecule has 3 rings (SSSR count). The molecule has 102 valence electrons. The van der Waals surface area contributed by atoms with Crippen molar-refractivity contribution < 1.29 is 9.53 Å². The van der Waals surface area contributed by atoms with Gasteiger partial charge in [-0.2, -0.15) is 0 Å². The third-order valence-corrected chi connectivity index (χ3v) is 3.96. The van der Waals surface area contributed by atoms with Gasteiger partial charge in [0.2, 0.25) is 0 Å². The van der Waals surface area contributed by atoms with Crippen LogP contribution in [0, 0.1) is 11.8 Å². The number of benzene rings is 1. The molecular weight excluding hydrogens is 242 g/mol. The number of anilines is 3. The van der Waals surface area contributed by atoms with Gasteiger partial charge in [0.25, 0.3) is 5.91 Å². The van der Waals surface area contributed by atoms with E-state index in [9.17, 15) is 4.79 Å². The topological polar surface area (TPSA) is 67.6 Å². The van der Waals surface area contributed by atoms with Gasteiger partial charge in [0.1, 0.15) is 5.75 Å². The van der Waals surface area contributed by atoms with Crippen LogP contribution < -0.4 is 20.7 Å². The zero-order valence-corrected chi connectivity index (χ0v) is 11.3. The molecule has 0 spiro atoms. The summed E-state index contributed by atoms with van der Waals surface area (Å²) in [6.45, 7) is 3.32. The summed E-state index contributed by atoms with van der Waals surface area (Å²) in [5, 5.41) is 2.81. The minimum absolute atomic E-state index is 0.0568. The van der Waals surface area contributed by atoms with Crippen LogP contribution in [-0.4, -0.2) is 26.1 Å². The van der Waals surface area contributed by atoms with Crippen molar-refractivity contribution in [2.24, 2.45) is 11.8 Å². The molecular formula is C14H19N3O2. The number of nitrogens with one attached hydrogen (secondary N) is 1. The Labute approximate surface area is 112 Å². The van der Waals surface area contributed by atoms with Crippen molar-refractivity contribution in [2.75, 3.05) is 36.1 Å². The number of nitrogen functional groups attached to an aromatic ring is 1. The summed E-state index contributed by atoms with van der Waals surface area (Å²) in [7, 11) is 2.04. The number of rotatable bonds is 3. The van der Waals surface area contributed by atoms with E-state index in [1.54, 1.807) is 6.07 Å². The third-order valence-electron chi connectivity index (χ3n) is 3.96. The first-order valence-electron chi connectivity index (χ1n) is 6.62. The van der Waals surface area contributed by atoms with Crippen molar-refractivity contribution in [3.8, 4) is 5.75 Å². The number of fused-ring (bicyclic) bond motifs is 1. The quantitative estimate of drug-likeness (QED) is 0.813. The highest BCUT2D eigenvalue weighted by Crippen LogP contribution is 2.41. The Balaban J connectivity index is 1.84. The van der Waals surface area contributed by atoms with E-state index >= 15 is 0 Å². The standard InChI is InChI=1S/C14H19N3O2/c1-8-3-9(8)6-17(2)12-5-11-13(4-10(12)15)19-7-14(18)16-11/h4-5,8-9H,3,6-7,15H2,1-2H3,(H,16,18). The molecule has 1 saturated carbocycles. The van der Waals surface area contributed by atoms with Crippen LogP contribution in [0.4, 0.5) is 17.1 Å². The smallest absolute Gasteiger partial charge is 0.262 e. The van der Waals surface area contributed by atoms with Crippen molar-refractivity contribution in [1.82, 2.24) is 0 Å². The van der Waals surface area contributed by atoms with Crippen LogP contribution in [0.25, 0.3) is 0 Å². The third kappa shape index (κ3) is 2.32. The molecule has 5 heteroatoms. The van der Waals surface area contributed by atoms with E-state index in [1.165, 1.54) is 6.42 Å². The summed E-state index contributed by atoms with van der Waals surface area (Å²) in [6.07, 6.45) is 1.29. The molecule has 1 fully saturated rings. The fraction of sp³-hybridized carbons (Fsp3) is 0.500. The lowest BCUT2D eigenvalue weighted by Crippen LogP contribution is -2.27. The molecule has 1 amide bonds. The lowest BCUT2D eigenvalue weighted by Gasteiger charge is -2.25. The van der Waals surface area contributed by atoms with Gasteiger partial charge >= 0.3 is 0 Å². The predicted octanol–water partition coefficient (Wildman–Crippen LogP) is 1.69. The number of carbonyl (C=O) groups is 1. The van der Waals surface area contributed by atoms with Gasteiger partial charge in [-0.3, -0.25) is 4.79 Å². The Kier molecular flexibility index (Phi) is 2.77. The molecule has 2 atom stereocenters. The van der Waals surface area contributed by atoms with E-state index in [-0.39, 0.29) is 12.5 Å². The molecule has 2 aliphatic rings. The zero-order chi connectivity index (χ0) is 13.6. The lowest BCUT2D eigenvalue weighted by atomic mass is 10.2. The average molecular weight is 261 g/mol. The molecule has 0 bridgehead atoms. The summed E-state index contributed by atoms with van der Waals surface area (Å²) >= 11 is 0. The Morgan fingerprint density at radius 3 is 2.95 bits per heavy atom. The largest absolute Gasteiger partial charge is 0.482 e. The van der Waals surface area contributed by atoms with E-state index < -0.39 is 0 Å². The average Bonchev–Trinajstić information content (AvgIpc) is 3.04. The number of hydrogen-bond donors (Lipinski definition) is 2. The lowest BCUT2D eigenvalue weighted by molar-refractivity contribution is -0.118. The number of hydrogen-bond acceptors (Lipinski definition) is 4. The molecule has 19 heavy (non-hydrogen) atoms. The minimum Gasteiger partial charge on any atom is -0.482 e. The second-order valence-electron chi connectivity index (χ2n) is 5.60. The first-order chi connectivity index (χ1) is 9.04. The summed E-state index contributed by atoms with van der Waals surface area (Å²) in [4.78, 5) is 13.5. The molecule has 5 nitrogen and oxygen atoms in total. The SMILES string of the molecule is CC1CC1CN(C)c1cc2c(cc1N)OCC(=O)N2. The van der Waals surface area contributed by atoms with Crippen LogP contribution in [0.5, 0.6) is 5.75 Å². The number of amides is 1. The van der Waals surface area contributed by atoms with Crippen LogP contribution in [0.1, 0.15) is 13.3 Å². The van der Waals surface area contributed by atoms with Crippen molar-refractivity contribution in [3.05, 3.63) is 12.1 Å². The number of carbonyl (C=O) groups excluding carboxylic acids is 1. The van der Waals surface area contributed by atoms with Gasteiger partial charge in [-0.1, -0.05) is 6.92 Å². The number of ether oxygens (including phenoxy) is 1. The van der Waals surface area contributed by atoms with E-state index in [0.717, 1.165) is 24.1 Å². The molecule has 0 saturated heterocycles. The highest BCUT2D eigenvalue weighted by molar-refractivity contribution is 5.97. The molecule has 1 aliphatic heterocycles. The Bertz CT molecular complexity index is 530. The van der Waals surface area contributed by atoms with Crippen LogP contribution in [0.15, 0.2) is 12.1 Å². The summed E-state index contributed by atoms with van der Waals surface area (Å²) < 4.78 is 5.35. The van der Waals surface area contributed by atoms with Crippen LogP contribution in [-0.2, 0) is 4.79 Å². The molecule has 0 aromatic heterocycles. The first kappa shape index (κ1) is 12.1. The van der Waals surface area contributed by atoms with Gasteiger partial charge in [0, 0.05) is 19.7 Å². The Morgan fingerprint density at radius 2 is 2.26 bits per heavy atom. The highest BCUT2D eigenvalue weighted by atomic mass is 16.5. The van der Waals surface area contributed by atoms with Gasteiger partial charge < -0.3 is 20.7 Å². The fourth-order valence-corrected chi connectivity index (χ4v) is 2.56. The number of nitrogens with two attached hydrogens (primary N) is 1. The fourth-order valence-electron chi connectivity index (χ4n) is 2.56. The van der Waals surface area contributed by atoms with Crippen molar-refractivity contribution in [3.63, 3.8) is 0 Å². The van der Waals surface area contributed by atoms with Crippen LogP contribution >= 0.6 is 0 Å². The van der Waals surface area contributed by atoms with Gasteiger partial charge in [-0.05, 0) is 24.3 Å². The Hall–Kier alpha value is -1.91. The van der Waals surface area contributed by atoms with E-state index in [4.69, 9.17) is 10.5 Å². The number of nitrogens with zero attached hydrogens (tertiary/aromatic N) is 1. The Morgan fingerprint density at radius 1 is 1.53 bits per heavy atom. The van der Waals surface area contributed by atoms with Crippen LogP contribution in [0.3, 0.4) is 0 Å². The van der Waals surface area contributed by atoms with Crippen molar-refractivity contribution in [1.29, 1.82) is 0 Å². The zero-order valence-electron chi connectivity index (χ0n) is 11.3. The minimum atomic E-state index is -0.123. The van der Waals surface area contributed by atoms with Crippen molar-refractivity contribution >= 4 is 23.0 Å². The predicted molar refractivity (Wildman–Crippen MR) is 75.5 cm³/mol. The maximum atomic E-state index is 11.3. The molecule has 1 aromatic carbocycles. The van der Waals surface area contributed by atoms with Crippen LogP contribution in [0.2, 0.25) is 0 Å². The van der Waals surface area contributed by atoms with Gasteiger partial charge in [-0.25, -0.2) is 0 Å². The van der Waals surface area contributed by atoms with Gasteiger partial charge in [0.15, 0.2) is 6.61 Å². The van der Waals surface area contributed by atoms with Gasteiger partial charge in [0.05, 0.1) is 17.1 Å². The van der Waals surface area contributed by atoms with E-state index in [0.29, 0.717) is 17.1 Å². The molecule has 0 radical (unpaired) electrons. The molecule has 3 N–H and O–H groups in total. The van der Waals surface area contributed by atoms with E-state index in [2.05, 4.69) is 17.1 Å². The molecule has 2 unspecified atom stereocenters. The summed E-state index contributed by atoms with van der Waals surface area (Å²) in [5.41, 5.74) is 8.42.